The van der Waals surface area contributed by atoms with Crippen molar-refractivity contribution in [2.75, 3.05) is 6.61 Å². The van der Waals surface area contributed by atoms with Gasteiger partial charge < -0.3 is 14.0 Å². The van der Waals surface area contributed by atoms with Crippen LogP contribution in [-0.4, -0.2) is 23.3 Å². The van der Waals surface area contributed by atoms with Crippen LogP contribution in [0.15, 0.2) is 94.8 Å². The highest BCUT2D eigenvalue weighted by Crippen LogP contribution is 2.37. The van der Waals surface area contributed by atoms with E-state index < -0.39 is 0 Å². The van der Waals surface area contributed by atoms with Crippen LogP contribution >= 0.6 is 27.5 Å². The number of carbonyl (C=O) groups excluding carboxylic acids is 1. The van der Waals surface area contributed by atoms with E-state index >= 15 is 0 Å². The van der Waals surface area contributed by atoms with Crippen molar-refractivity contribution in [1.82, 2.24) is 9.99 Å². The van der Waals surface area contributed by atoms with E-state index in [9.17, 15) is 4.79 Å². The van der Waals surface area contributed by atoms with Crippen molar-refractivity contribution in [2.45, 2.75) is 13.5 Å². The SMILES string of the molecule is CCOc1cc(/C=N\NC(=O)c2ccccc2-n2cccc2)cc(Br)c1OCc1ccccc1Cl. The lowest BCUT2D eigenvalue weighted by atomic mass is 10.1. The average molecular weight is 553 g/mol. The highest BCUT2D eigenvalue weighted by Gasteiger charge is 2.14. The van der Waals surface area contributed by atoms with Crippen molar-refractivity contribution < 1.29 is 14.3 Å². The standard InChI is InChI=1S/C27H23BrClN3O3/c1-2-34-25-16-19(15-22(28)26(25)35-18-20-9-3-5-11-23(20)29)17-30-31-27(33)21-10-4-6-12-24(21)32-13-7-8-14-32/h3-17H,2,18H2,1H3,(H,31,33)/b30-17-. The molecule has 1 aromatic heterocycles. The number of benzene rings is 3. The van der Waals surface area contributed by atoms with Gasteiger partial charge in [-0.1, -0.05) is 41.9 Å². The van der Waals surface area contributed by atoms with E-state index in [0.29, 0.717) is 39.8 Å². The minimum absolute atomic E-state index is 0.294. The molecule has 1 heterocycles. The minimum atomic E-state index is -0.311. The Kier molecular flexibility index (Phi) is 8.23. The molecule has 178 valence electrons. The first-order chi connectivity index (χ1) is 17.1. The highest BCUT2D eigenvalue weighted by molar-refractivity contribution is 9.10. The maximum atomic E-state index is 12.8. The summed E-state index contributed by atoms with van der Waals surface area (Å²) < 4.78 is 14.4. The van der Waals surface area contributed by atoms with Gasteiger partial charge in [0.05, 0.1) is 28.5 Å². The van der Waals surface area contributed by atoms with E-state index in [1.807, 2.05) is 84.5 Å². The maximum Gasteiger partial charge on any atom is 0.273 e. The van der Waals surface area contributed by atoms with Crippen LogP contribution < -0.4 is 14.9 Å². The summed E-state index contributed by atoms with van der Waals surface area (Å²) in [6.45, 7) is 2.65. The summed E-state index contributed by atoms with van der Waals surface area (Å²) in [6, 6.07) is 22.3. The second-order valence-electron chi connectivity index (χ2n) is 7.45. The molecule has 0 fully saturated rings. The summed E-state index contributed by atoms with van der Waals surface area (Å²) >= 11 is 9.81. The Hall–Kier alpha value is -3.55. The smallest absolute Gasteiger partial charge is 0.273 e. The molecule has 0 bridgehead atoms. The summed E-state index contributed by atoms with van der Waals surface area (Å²) in [5.41, 5.74) is 5.49. The molecule has 0 radical (unpaired) electrons. The van der Waals surface area contributed by atoms with Crippen LogP contribution in [0.4, 0.5) is 0 Å². The van der Waals surface area contributed by atoms with Gasteiger partial charge in [0.25, 0.3) is 5.91 Å². The Balaban J connectivity index is 1.49. The maximum absolute atomic E-state index is 12.8. The highest BCUT2D eigenvalue weighted by atomic mass is 79.9. The fourth-order valence-corrected chi connectivity index (χ4v) is 4.21. The van der Waals surface area contributed by atoms with Gasteiger partial charge in [0.2, 0.25) is 0 Å². The van der Waals surface area contributed by atoms with Gasteiger partial charge in [-0.3, -0.25) is 4.79 Å². The largest absolute Gasteiger partial charge is 0.490 e. The van der Waals surface area contributed by atoms with Crippen LogP contribution in [0, 0.1) is 0 Å². The molecule has 0 saturated carbocycles. The predicted octanol–water partition coefficient (Wildman–Crippen LogP) is 6.63. The molecule has 0 aliphatic rings. The molecule has 3 aromatic carbocycles. The summed E-state index contributed by atoms with van der Waals surface area (Å²) in [6.07, 6.45) is 5.33. The zero-order chi connectivity index (χ0) is 24.6. The van der Waals surface area contributed by atoms with Crippen molar-refractivity contribution in [3.63, 3.8) is 0 Å². The number of hydrazone groups is 1. The number of carbonyl (C=O) groups is 1. The van der Waals surface area contributed by atoms with Crippen LogP contribution in [0.5, 0.6) is 11.5 Å². The lowest BCUT2D eigenvalue weighted by molar-refractivity contribution is 0.0955. The topological polar surface area (TPSA) is 64.8 Å². The fourth-order valence-electron chi connectivity index (χ4n) is 3.44. The summed E-state index contributed by atoms with van der Waals surface area (Å²) in [4.78, 5) is 12.8. The molecule has 1 amide bonds. The Morgan fingerprint density at radius 3 is 2.57 bits per heavy atom. The van der Waals surface area contributed by atoms with Gasteiger partial charge in [0.1, 0.15) is 6.61 Å². The zero-order valence-electron chi connectivity index (χ0n) is 18.9. The molecule has 0 unspecified atom stereocenters. The van der Waals surface area contributed by atoms with Crippen LogP contribution in [0.2, 0.25) is 5.02 Å². The summed E-state index contributed by atoms with van der Waals surface area (Å²) in [7, 11) is 0. The molecule has 4 rings (SSSR count). The van der Waals surface area contributed by atoms with Crippen molar-refractivity contribution in [1.29, 1.82) is 0 Å². The number of halogens is 2. The molecule has 8 heteroatoms. The van der Waals surface area contributed by atoms with E-state index in [1.54, 1.807) is 18.3 Å². The van der Waals surface area contributed by atoms with E-state index in [-0.39, 0.29) is 5.91 Å². The van der Waals surface area contributed by atoms with Crippen molar-refractivity contribution >= 4 is 39.7 Å². The van der Waals surface area contributed by atoms with Gasteiger partial charge in [0.15, 0.2) is 11.5 Å². The lowest BCUT2D eigenvalue weighted by Gasteiger charge is -2.15. The number of nitrogens with one attached hydrogen (secondary N) is 1. The monoisotopic (exact) mass is 551 g/mol. The lowest BCUT2D eigenvalue weighted by Crippen LogP contribution is -2.19. The van der Waals surface area contributed by atoms with E-state index in [0.717, 1.165) is 16.8 Å². The molecule has 4 aromatic rings. The molecule has 1 N–H and O–H groups in total. The Bertz CT molecular complexity index is 1340. The Labute approximate surface area is 217 Å². The molecule has 0 aliphatic heterocycles. The van der Waals surface area contributed by atoms with Gasteiger partial charge in [-0.05, 0) is 70.9 Å². The fraction of sp³-hybridized carbons (Fsp3) is 0.111. The van der Waals surface area contributed by atoms with Gasteiger partial charge in [-0.2, -0.15) is 5.10 Å². The molecule has 0 saturated heterocycles. The molecular weight excluding hydrogens is 530 g/mol. The van der Waals surface area contributed by atoms with Crippen LogP contribution in [0.3, 0.4) is 0 Å². The van der Waals surface area contributed by atoms with Crippen LogP contribution in [0.1, 0.15) is 28.4 Å². The third-order valence-electron chi connectivity index (χ3n) is 5.07. The van der Waals surface area contributed by atoms with Gasteiger partial charge in [0, 0.05) is 23.0 Å². The van der Waals surface area contributed by atoms with E-state index in [1.165, 1.54) is 0 Å². The number of aromatic nitrogens is 1. The Morgan fingerprint density at radius 1 is 1.06 bits per heavy atom. The average Bonchev–Trinajstić information content (AvgIpc) is 3.40. The Morgan fingerprint density at radius 2 is 1.80 bits per heavy atom. The van der Waals surface area contributed by atoms with Gasteiger partial charge in [-0.25, -0.2) is 5.43 Å². The second kappa shape index (κ2) is 11.7. The number of rotatable bonds is 9. The predicted molar refractivity (Wildman–Crippen MR) is 142 cm³/mol. The van der Waals surface area contributed by atoms with Crippen molar-refractivity contribution in [3.05, 3.63) is 111 Å². The first-order valence-corrected chi connectivity index (χ1v) is 12.1. The van der Waals surface area contributed by atoms with Crippen LogP contribution in [0.25, 0.3) is 5.69 Å². The number of hydrogen-bond donors (Lipinski definition) is 1. The zero-order valence-corrected chi connectivity index (χ0v) is 21.3. The molecule has 0 aliphatic carbocycles. The van der Waals surface area contributed by atoms with Crippen LogP contribution in [-0.2, 0) is 6.61 Å². The molecule has 6 nitrogen and oxygen atoms in total. The molecular formula is C27H23BrClN3O3. The third kappa shape index (κ3) is 6.12. The number of hydrogen-bond acceptors (Lipinski definition) is 4. The molecule has 0 atom stereocenters. The molecule has 0 spiro atoms. The number of para-hydroxylation sites is 1. The van der Waals surface area contributed by atoms with Crippen molar-refractivity contribution in [2.24, 2.45) is 5.10 Å². The van der Waals surface area contributed by atoms with E-state index in [4.69, 9.17) is 21.1 Å². The normalized spacial score (nSPS) is 10.9. The first kappa shape index (κ1) is 24.6. The summed E-state index contributed by atoms with van der Waals surface area (Å²) in [5.74, 6) is 0.808. The second-order valence-corrected chi connectivity index (χ2v) is 8.71. The van der Waals surface area contributed by atoms with Gasteiger partial charge >= 0.3 is 0 Å². The number of ether oxygens (including phenoxy) is 2. The first-order valence-electron chi connectivity index (χ1n) is 10.9. The minimum Gasteiger partial charge on any atom is -0.490 e. The number of amides is 1. The number of nitrogens with zero attached hydrogens (tertiary/aromatic N) is 2. The van der Waals surface area contributed by atoms with Crippen molar-refractivity contribution in [3.8, 4) is 17.2 Å². The third-order valence-corrected chi connectivity index (χ3v) is 6.03. The summed E-state index contributed by atoms with van der Waals surface area (Å²) in [5, 5.41) is 4.79. The van der Waals surface area contributed by atoms with E-state index in [2.05, 4.69) is 26.5 Å². The molecule has 35 heavy (non-hydrogen) atoms. The quantitative estimate of drug-likeness (QED) is 0.187. The van der Waals surface area contributed by atoms with Gasteiger partial charge in [-0.15, -0.1) is 0 Å².